The zero-order chi connectivity index (χ0) is 19.3. The Morgan fingerprint density at radius 2 is 1.93 bits per heavy atom. The number of aromatic hydroxyl groups is 1. The summed E-state index contributed by atoms with van der Waals surface area (Å²) in [5.74, 6) is 0.0210. The van der Waals surface area contributed by atoms with Gasteiger partial charge in [0.1, 0.15) is 11.3 Å². The number of benzene rings is 2. The lowest BCUT2D eigenvalue weighted by Crippen LogP contribution is -2.12. The molecule has 0 atom stereocenters. The summed E-state index contributed by atoms with van der Waals surface area (Å²) in [6, 6.07) is 11.6. The summed E-state index contributed by atoms with van der Waals surface area (Å²) in [6.07, 6.45) is 1.10. The first-order chi connectivity index (χ1) is 12.8. The van der Waals surface area contributed by atoms with Crippen molar-refractivity contribution in [2.45, 2.75) is 18.6 Å². The number of imidazole rings is 1. The lowest BCUT2D eigenvalue weighted by Gasteiger charge is -2.11. The second-order valence-electron chi connectivity index (χ2n) is 6.42. The van der Waals surface area contributed by atoms with Crippen LogP contribution in [0.2, 0.25) is 0 Å². The summed E-state index contributed by atoms with van der Waals surface area (Å²) < 4.78 is 31.3. The van der Waals surface area contributed by atoms with E-state index in [0.29, 0.717) is 27.5 Å². The maximum absolute atomic E-state index is 12.2. The fraction of sp³-hybridized carbons (Fsp3) is 0.158. The second kappa shape index (κ2) is 5.95. The summed E-state index contributed by atoms with van der Waals surface area (Å²) in [5, 5.41) is 10.4. The number of para-hydroxylation sites is 2. The lowest BCUT2D eigenvalue weighted by atomic mass is 10.1. The highest BCUT2D eigenvalue weighted by molar-refractivity contribution is 7.90. The molecule has 8 heteroatoms. The van der Waals surface area contributed by atoms with Gasteiger partial charge in [-0.15, -0.1) is 0 Å². The van der Waals surface area contributed by atoms with E-state index < -0.39 is 15.5 Å². The number of aromatic nitrogens is 2. The van der Waals surface area contributed by atoms with Crippen molar-refractivity contribution >= 4 is 31.8 Å². The minimum Gasteiger partial charge on any atom is -0.508 e. The van der Waals surface area contributed by atoms with E-state index in [4.69, 9.17) is 4.42 Å². The van der Waals surface area contributed by atoms with Crippen LogP contribution in [0.3, 0.4) is 0 Å². The average Bonchev–Trinajstić information content (AvgIpc) is 2.98. The fourth-order valence-corrected chi connectivity index (χ4v) is 4.03. The summed E-state index contributed by atoms with van der Waals surface area (Å²) in [6.45, 7) is 1.77. The zero-order valence-corrected chi connectivity index (χ0v) is 15.4. The van der Waals surface area contributed by atoms with E-state index in [0.717, 1.165) is 6.26 Å². The van der Waals surface area contributed by atoms with Gasteiger partial charge in [0, 0.05) is 23.3 Å². The smallest absolute Gasteiger partial charge is 0.336 e. The van der Waals surface area contributed by atoms with E-state index in [2.05, 4.69) is 4.98 Å². The van der Waals surface area contributed by atoms with Crippen molar-refractivity contribution in [1.82, 2.24) is 9.55 Å². The van der Waals surface area contributed by atoms with Crippen LogP contribution in [0.1, 0.15) is 11.1 Å². The van der Waals surface area contributed by atoms with Gasteiger partial charge in [0.25, 0.3) is 0 Å². The third kappa shape index (κ3) is 2.87. The Morgan fingerprint density at radius 1 is 1.19 bits per heavy atom. The normalized spacial score (nSPS) is 12.1. The predicted molar refractivity (Wildman–Crippen MR) is 101 cm³/mol. The van der Waals surface area contributed by atoms with Crippen molar-refractivity contribution < 1.29 is 17.9 Å². The molecule has 138 valence electrons. The zero-order valence-electron chi connectivity index (χ0n) is 14.6. The van der Waals surface area contributed by atoms with Crippen molar-refractivity contribution in [1.29, 1.82) is 0 Å². The number of phenolic OH excluding ortho intramolecular Hbond substituents is 1. The van der Waals surface area contributed by atoms with Crippen LogP contribution in [0.5, 0.6) is 5.75 Å². The van der Waals surface area contributed by atoms with Gasteiger partial charge < -0.3 is 14.1 Å². The highest BCUT2D eigenvalue weighted by Gasteiger charge is 2.21. The van der Waals surface area contributed by atoms with Crippen LogP contribution < -0.4 is 5.63 Å². The van der Waals surface area contributed by atoms with Crippen molar-refractivity contribution in [2.75, 3.05) is 6.26 Å². The fourth-order valence-electron chi connectivity index (χ4n) is 3.21. The highest BCUT2D eigenvalue weighted by atomic mass is 32.2. The molecule has 1 N–H and O–H groups in total. The Hall–Kier alpha value is -3.13. The van der Waals surface area contributed by atoms with Gasteiger partial charge in [-0.3, -0.25) is 0 Å². The first-order valence-electron chi connectivity index (χ1n) is 8.16. The van der Waals surface area contributed by atoms with Crippen molar-refractivity contribution in [2.24, 2.45) is 0 Å². The van der Waals surface area contributed by atoms with Crippen LogP contribution in [-0.4, -0.2) is 29.3 Å². The van der Waals surface area contributed by atoms with Crippen LogP contribution in [-0.2, 0) is 16.4 Å². The summed E-state index contributed by atoms with van der Waals surface area (Å²) in [7, 11) is -3.58. The monoisotopic (exact) mass is 384 g/mol. The molecule has 0 aliphatic carbocycles. The molecule has 0 unspecified atom stereocenters. The number of nitrogens with zero attached hydrogens (tertiary/aromatic N) is 2. The maximum atomic E-state index is 12.2. The summed E-state index contributed by atoms with van der Waals surface area (Å²) >= 11 is 0. The van der Waals surface area contributed by atoms with Gasteiger partial charge in [-0.25, -0.2) is 18.2 Å². The summed E-state index contributed by atoms with van der Waals surface area (Å²) in [5.41, 5.74) is 1.94. The molecule has 0 spiro atoms. The number of rotatable bonds is 3. The van der Waals surface area contributed by atoms with E-state index in [-0.39, 0.29) is 23.0 Å². The molecule has 4 aromatic rings. The Bertz CT molecular complexity index is 1370. The summed E-state index contributed by atoms with van der Waals surface area (Å²) in [4.78, 5) is 16.3. The molecule has 0 aliphatic heterocycles. The maximum Gasteiger partial charge on any atom is 0.336 e. The van der Waals surface area contributed by atoms with E-state index in [9.17, 15) is 18.3 Å². The molecule has 7 nitrogen and oxygen atoms in total. The first kappa shape index (κ1) is 17.3. The molecule has 0 fully saturated rings. The van der Waals surface area contributed by atoms with Crippen molar-refractivity contribution in [3.05, 3.63) is 64.0 Å². The van der Waals surface area contributed by atoms with Gasteiger partial charge in [-0.1, -0.05) is 12.1 Å². The molecular weight excluding hydrogens is 368 g/mol. The standard InChI is InChI=1S/C19H16N2O5S/c1-11-16(22)8-7-13-12(9-17(23)26-18(11)13)10-21-15-6-4-3-5-14(15)20-19(21)27(2,24)25/h3-9,22H,10H2,1-2H3. The van der Waals surface area contributed by atoms with E-state index >= 15 is 0 Å². The van der Waals surface area contributed by atoms with Gasteiger partial charge in [-0.2, -0.15) is 0 Å². The predicted octanol–water partition coefficient (Wildman–Crippen LogP) is 2.61. The molecule has 27 heavy (non-hydrogen) atoms. The topological polar surface area (TPSA) is 102 Å². The highest BCUT2D eigenvalue weighted by Crippen LogP contribution is 2.29. The lowest BCUT2D eigenvalue weighted by molar-refractivity contribution is 0.468. The second-order valence-corrected chi connectivity index (χ2v) is 8.33. The van der Waals surface area contributed by atoms with Crippen LogP contribution in [0.25, 0.3) is 22.0 Å². The Balaban J connectivity index is 2.01. The number of hydrogen-bond donors (Lipinski definition) is 1. The quantitative estimate of drug-likeness (QED) is 0.545. The third-order valence-corrected chi connectivity index (χ3v) is 5.47. The van der Waals surface area contributed by atoms with Gasteiger partial charge in [0.2, 0.25) is 15.0 Å². The molecule has 2 heterocycles. The molecule has 2 aromatic heterocycles. The number of hydrogen-bond acceptors (Lipinski definition) is 6. The van der Waals surface area contributed by atoms with Gasteiger partial charge in [-0.05, 0) is 36.8 Å². The molecule has 0 aliphatic rings. The van der Waals surface area contributed by atoms with Crippen molar-refractivity contribution in [3.8, 4) is 5.75 Å². The minimum atomic E-state index is -3.58. The molecule has 0 saturated heterocycles. The molecule has 4 rings (SSSR count). The van der Waals surface area contributed by atoms with E-state index in [1.54, 1.807) is 41.8 Å². The number of phenols is 1. The Morgan fingerprint density at radius 3 is 2.67 bits per heavy atom. The molecule has 0 radical (unpaired) electrons. The average molecular weight is 384 g/mol. The van der Waals surface area contributed by atoms with E-state index in [1.165, 1.54) is 12.1 Å². The van der Waals surface area contributed by atoms with Crippen LogP contribution in [0.15, 0.2) is 56.8 Å². The van der Waals surface area contributed by atoms with Crippen molar-refractivity contribution in [3.63, 3.8) is 0 Å². The molecule has 0 amide bonds. The number of fused-ring (bicyclic) bond motifs is 2. The third-order valence-electron chi connectivity index (χ3n) is 4.50. The van der Waals surface area contributed by atoms with Crippen LogP contribution in [0.4, 0.5) is 0 Å². The Kier molecular flexibility index (Phi) is 3.81. The molecular formula is C19H16N2O5S. The van der Waals surface area contributed by atoms with E-state index in [1.807, 2.05) is 0 Å². The first-order valence-corrected chi connectivity index (χ1v) is 10.1. The molecule has 2 aromatic carbocycles. The van der Waals surface area contributed by atoms with Crippen LogP contribution in [0, 0.1) is 6.92 Å². The SMILES string of the molecule is Cc1c(O)ccc2c(Cn3c(S(C)(=O)=O)nc4ccccc43)cc(=O)oc12. The van der Waals surface area contributed by atoms with Gasteiger partial charge >= 0.3 is 5.63 Å². The number of aryl methyl sites for hydroxylation is 1. The van der Waals surface area contributed by atoms with Gasteiger partial charge in [0.05, 0.1) is 17.6 Å². The largest absolute Gasteiger partial charge is 0.508 e. The molecule has 0 saturated carbocycles. The van der Waals surface area contributed by atoms with Crippen LogP contribution >= 0.6 is 0 Å². The van der Waals surface area contributed by atoms with Gasteiger partial charge in [0.15, 0.2) is 0 Å². The molecule has 0 bridgehead atoms. The minimum absolute atomic E-state index is 0.0210. The Labute approximate surface area is 154 Å². The number of sulfone groups is 1.